The van der Waals surface area contributed by atoms with E-state index in [-0.39, 0.29) is 5.91 Å². The van der Waals surface area contributed by atoms with Crippen molar-refractivity contribution in [1.29, 1.82) is 0 Å². The number of thioether (sulfide) groups is 1. The smallest absolute Gasteiger partial charge is 0.233 e. The number of rotatable bonds is 4. The minimum Gasteiger partial charge on any atom is -0.342 e. The fourth-order valence-electron chi connectivity index (χ4n) is 2.76. The number of benzene rings is 1. The highest BCUT2D eigenvalue weighted by molar-refractivity contribution is 7.99. The van der Waals surface area contributed by atoms with Crippen LogP contribution in [0.5, 0.6) is 0 Å². The van der Waals surface area contributed by atoms with Gasteiger partial charge in [-0.05, 0) is 37.0 Å². The van der Waals surface area contributed by atoms with E-state index in [4.69, 9.17) is 11.6 Å². The number of aromatic nitrogens is 3. The lowest BCUT2D eigenvalue weighted by Gasteiger charge is -2.30. The van der Waals surface area contributed by atoms with Gasteiger partial charge in [0.25, 0.3) is 0 Å². The zero-order chi connectivity index (χ0) is 16.2. The Morgan fingerprint density at radius 1 is 1.48 bits per heavy atom. The van der Waals surface area contributed by atoms with Gasteiger partial charge in [0, 0.05) is 18.1 Å². The molecule has 122 valence electrons. The second-order valence-electron chi connectivity index (χ2n) is 5.84. The molecule has 5 nitrogen and oxygen atoms in total. The Bertz CT molecular complexity index is 690. The Balaban J connectivity index is 1.65. The summed E-state index contributed by atoms with van der Waals surface area (Å²) < 4.78 is 1.85. The maximum Gasteiger partial charge on any atom is 0.233 e. The van der Waals surface area contributed by atoms with E-state index >= 15 is 0 Å². The van der Waals surface area contributed by atoms with Crippen LogP contribution in [0.3, 0.4) is 0 Å². The lowest BCUT2D eigenvalue weighted by molar-refractivity contribution is -0.130. The molecule has 3 rings (SSSR count). The Hall–Kier alpha value is -1.53. The third-order valence-electron chi connectivity index (χ3n) is 3.94. The summed E-state index contributed by atoms with van der Waals surface area (Å²) in [6.07, 6.45) is 3.94. The van der Waals surface area contributed by atoms with E-state index in [1.807, 2.05) is 33.7 Å². The van der Waals surface area contributed by atoms with Crippen molar-refractivity contribution < 1.29 is 4.79 Å². The van der Waals surface area contributed by atoms with E-state index in [2.05, 4.69) is 17.1 Å². The molecular weight excluding hydrogens is 332 g/mol. The third-order valence-corrected chi connectivity index (χ3v) is 5.10. The van der Waals surface area contributed by atoms with Gasteiger partial charge in [-0.15, -0.1) is 10.2 Å². The molecule has 1 unspecified atom stereocenters. The van der Waals surface area contributed by atoms with Crippen LogP contribution in [0.1, 0.15) is 19.8 Å². The molecule has 7 heteroatoms. The largest absolute Gasteiger partial charge is 0.342 e. The molecule has 0 N–H and O–H groups in total. The van der Waals surface area contributed by atoms with E-state index in [0.29, 0.717) is 21.8 Å². The number of carbonyl (C=O) groups is 1. The number of halogens is 1. The highest BCUT2D eigenvalue weighted by atomic mass is 35.5. The molecule has 0 radical (unpaired) electrons. The molecule has 1 aromatic heterocycles. The van der Waals surface area contributed by atoms with Gasteiger partial charge < -0.3 is 4.90 Å². The summed E-state index contributed by atoms with van der Waals surface area (Å²) in [5.41, 5.74) is 0.893. The summed E-state index contributed by atoms with van der Waals surface area (Å²) in [5.74, 6) is 1.14. The molecule has 1 fully saturated rings. The molecule has 1 amide bonds. The number of carbonyl (C=O) groups excluding carboxylic acids is 1. The molecule has 1 aromatic carbocycles. The number of amides is 1. The normalized spacial score (nSPS) is 18.2. The minimum atomic E-state index is 0.169. The van der Waals surface area contributed by atoms with Crippen molar-refractivity contribution in [1.82, 2.24) is 19.7 Å². The average molecular weight is 351 g/mol. The first kappa shape index (κ1) is 16.3. The number of piperidine rings is 1. The molecule has 2 heterocycles. The topological polar surface area (TPSA) is 51.0 Å². The summed E-state index contributed by atoms with van der Waals surface area (Å²) in [6.45, 7) is 3.92. The van der Waals surface area contributed by atoms with Crippen molar-refractivity contribution in [2.75, 3.05) is 18.8 Å². The van der Waals surface area contributed by atoms with Gasteiger partial charge in [0.2, 0.25) is 5.91 Å². The van der Waals surface area contributed by atoms with E-state index in [0.717, 1.165) is 25.2 Å². The zero-order valence-electron chi connectivity index (χ0n) is 13.0. The predicted molar refractivity (Wildman–Crippen MR) is 92.1 cm³/mol. The van der Waals surface area contributed by atoms with Crippen LogP contribution in [-0.2, 0) is 4.79 Å². The molecule has 1 aliphatic heterocycles. The van der Waals surface area contributed by atoms with Crippen LogP contribution >= 0.6 is 23.4 Å². The number of hydrogen-bond donors (Lipinski definition) is 0. The third kappa shape index (κ3) is 4.06. The van der Waals surface area contributed by atoms with Gasteiger partial charge in [-0.25, -0.2) is 0 Å². The van der Waals surface area contributed by atoms with Crippen LogP contribution in [0.4, 0.5) is 0 Å². The summed E-state index contributed by atoms with van der Waals surface area (Å²) in [5, 5.41) is 9.43. The Labute approximate surface area is 145 Å². The van der Waals surface area contributed by atoms with Gasteiger partial charge >= 0.3 is 0 Å². The lowest BCUT2D eigenvalue weighted by Crippen LogP contribution is -2.40. The molecule has 0 aliphatic carbocycles. The van der Waals surface area contributed by atoms with Crippen molar-refractivity contribution in [3.05, 3.63) is 35.6 Å². The number of nitrogens with zero attached hydrogens (tertiary/aromatic N) is 4. The SMILES string of the molecule is CC1CCCN(C(=O)CSc2nncn2-c2cccc(Cl)c2)C1. The first-order valence-electron chi connectivity index (χ1n) is 7.70. The van der Waals surface area contributed by atoms with Crippen molar-refractivity contribution in [3.63, 3.8) is 0 Å². The summed E-state index contributed by atoms with van der Waals surface area (Å²) >= 11 is 7.45. The molecular formula is C16H19ClN4OS. The standard InChI is InChI=1S/C16H19ClN4OS/c1-12-4-3-7-20(9-12)15(22)10-23-16-19-18-11-21(16)14-6-2-5-13(17)8-14/h2,5-6,8,11-12H,3-4,7,9-10H2,1H3. The van der Waals surface area contributed by atoms with E-state index in [1.165, 1.54) is 18.2 Å². The molecule has 0 spiro atoms. The van der Waals surface area contributed by atoms with Gasteiger partial charge in [-0.3, -0.25) is 9.36 Å². The summed E-state index contributed by atoms with van der Waals surface area (Å²) in [7, 11) is 0. The highest BCUT2D eigenvalue weighted by Crippen LogP contribution is 2.23. The van der Waals surface area contributed by atoms with Crippen molar-refractivity contribution in [2.45, 2.75) is 24.9 Å². The minimum absolute atomic E-state index is 0.169. The van der Waals surface area contributed by atoms with Gasteiger partial charge in [-0.2, -0.15) is 0 Å². The van der Waals surface area contributed by atoms with Crippen molar-refractivity contribution in [3.8, 4) is 5.69 Å². The quantitative estimate of drug-likeness (QED) is 0.794. The molecule has 0 bridgehead atoms. The van der Waals surface area contributed by atoms with Crippen molar-refractivity contribution >= 4 is 29.3 Å². The summed E-state index contributed by atoms with van der Waals surface area (Å²) in [6, 6.07) is 7.49. The molecule has 1 atom stereocenters. The Morgan fingerprint density at radius 2 is 2.35 bits per heavy atom. The second kappa shape index (κ2) is 7.36. The van der Waals surface area contributed by atoms with Crippen LogP contribution in [0.25, 0.3) is 5.69 Å². The number of likely N-dealkylation sites (tertiary alicyclic amines) is 1. The van der Waals surface area contributed by atoms with Crippen LogP contribution in [-0.4, -0.2) is 44.4 Å². The average Bonchev–Trinajstić information content (AvgIpc) is 3.01. The van der Waals surface area contributed by atoms with Gasteiger partial charge in [0.05, 0.1) is 11.4 Å². The Kier molecular flexibility index (Phi) is 5.23. The van der Waals surface area contributed by atoms with E-state index < -0.39 is 0 Å². The number of hydrogen-bond acceptors (Lipinski definition) is 4. The highest BCUT2D eigenvalue weighted by Gasteiger charge is 2.21. The summed E-state index contributed by atoms with van der Waals surface area (Å²) in [4.78, 5) is 14.3. The van der Waals surface area contributed by atoms with Gasteiger partial charge in [-0.1, -0.05) is 36.4 Å². The van der Waals surface area contributed by atoms with Crippen LogP contribution < -0.4 is 0 Å². The first-order valence-corrected chi connectivity index (χ1v) is 9.06. The monoisotopic (exact) mass is 350 g/mol. The molecule has 2 aromatic rings. The van der Waals surface area contributed by atoms with Gasteiger partial charge in [0.15, 0.2) is 5.16 Å². The molecule has 1 aliphatic rings. The van der Waals surface area contributed by atoms with Gasteiger partial charge in [0.1, 0.15) is 6.33 Å². The molecule has 1 saturated heterocycles. The van der Waals surface area contributed by atoms with E-state index in [1.54, 1.807) is 6.33 Å². The van der Waals surface area contributed by atoms with Crippen LogP contribution in [0.15, 0.2) is 35.7 Å². The first-order chi connectivity index (χ1) is 11.1. The molecule has 0 saturated carbocycles. The van der Waals surface area contributed by atoms with Crippen LogP contribution in [0.2, 0.25) is 5.02 Å². The Morgan fingerprint density at radius 3 is 3.13 bits per heavy atom. The van der Waals surface area contributed by atoms with Crippen LogP contribution in [0, 0.1) is 5.92 Å². The maximum atomic E-state index is 12.4. The van der Waals surface area contributed by atoms with E-state index in [9.17, 15) is 4.79 Å². The zero-order valence-corrected chi connectivity index (χ0v) is 14.6. The van der Waals surface area contributed by atoms with Crippen molar-refractivity contribution in [2.24, 2.45) is 5.92 Å². The maximum absolute atomic E-state index is 12.4. The lowest BCUT2D eigenvalue weighted by atomic mass is 10.0. The second-order valence-corrected chi connectivity index (χ2v) is 7.22. The molecule has 23 heavy (non-hydrogen) atoms. The predicted octanol–water partition coefficient (Wildman–Crippen LogP) is 3.27. The fourth-order valence-corrected chi connectivity index (χ4v) is 3.78. The fraction of sp³-hybridized carbons (Fsp3) is 0.438.